The van der Waals surface area contributed by atoms with E-state index in [0.717, 1.165) is 0 Å². The van der Waals surface area contributed by atoms with Crippen molar-refractivity contribution in [1.82, 2.24) is 9.46 Å². The van der Waals surface area contributed by atoms with Crippen LogP contribution in [-0.2, 0) is 14.8 Å². The van der Waals surface area contributed by atoms with Gasteiger partial charge >= 0.3 is 0 Å². The van der Waals surface area contributed by atoms with Crippen molar-refractivity contribution in [3.8, 4) is 0 Å². The third-order valence-corrected chi connectivity index (χ3v) is 7.64. The number of carbonyl (C=O) groups excluding carboxylic acids is 1. The van der Waals surface area contributed by atoms with Crippen LogP contribution in [0.4, 0.5) is 14.5 Å². The van der Waals surface area contributed by atoms with Gasteiger partial charge in [0.1, 0.15) is 17.3 Å². The standard InChI is InChI=1S/C24H23F2N3O4S/c1-16-23(22(33-28-16)13-8-17-5-2-3-7-21(17)26)34(31,32)29-14-4-6-18(15-29)24(30)27-20-11-9-19(25)10-12-20/h2-3,5,7-13,18H,4,6,14-15H2,1H3,(H,27,30)/b13-8+. The number of aromatic nitrogens is 1. The summed E-state index contributed by atoms with van der Waals surface area (Å²) in [5.74, 6) is -1.81. The molecule has 2 aromatic carbocycles. The minimum Gasteiger partial charge on any atom is -0.355 e. The average molecular weight is 488 g/mol. The van der Waals surface area contributed by atoms with Gasteiger partial charge in [0, 0.05) is 24.3 Å². The SMILES string of the molecule is Cc1noc(/C=C/c2ccccc2F)c1S(=O)(=O)N1CCCC(C(=O)Nc2ccc(F)cc2)C1. The van der Waals surface area contributed by atoms with Crippen molar-refractivity contribution in [2.75, 3.05) is 18.4 Å². The zero-order valence-corrected chi connectivity index (χ0v) is 19.2. The Balaban J connectivity index is 1.54. The van der Waals surface area contributed by atoms with Crippen LogP contribution in [0.25, 0.3) is 12.2 Å². The van der Waals surface area contributed by atoms with Gasteiger partial charge in [0.05, 0.1) is 5.92 Å². The van der Waals surface area contributed by atoms with Gasteiger partial charge in [-0.15, -0.1) is 0 Å². The topological polar surface area (TPSA) is 92.5 Å². The van der Waals surface area contributed by atoms with Gasteiger partial charge in [0.25, 0.3) is 0 Å². The van der Waals surface area contributed by atoms with Crippen LogP contribution in [0.5, 0.6) is 0 Å². The van der Waals surface area contributed by atoms with E-state index in [1.165, 1.54) is 53.7 Å². The Hall–Kier alpha value is -3.37. The van der Waals surface area contributed by atoms with Crippen molar-refractivity contribution in [1.29, 1.82) is 0 Å². The Morgan fingerprint density at radius 1 is 1.15 bits per heavy atom. The number of aryl methyl sites for hydroxylation is 1. The number of hydrogen-bond acceptors (Lipinski definition) is 5. The van der Waals surface area contributed by atoms with Crippen LogP contribution in [-0.4, -0.2) is 36.9 Å². The summed E-state index contributed by atoms with van der Waals surface area (Å²) in [6.07, 6.45) is 3.80. The third-order valence-electron chi connectivity index (χ3n) is 5.62. The number of piperidine rings is 1. The van der Waals surface area contributed by atoms with Crippen molar-refractivity contribution >= 4 is 33.8 Å². The molecule has 0 saturated carbocycles. The Kier molecular flexibility index (Phi) is 6.90. The van der Waals surface area contributed by atoms with Gasteiger partial charge in [-0.2, -0.15) is 4.31 Å². The summed E-state index contributed by atoms with van der Waals surface area (Å²) < 4.78 is 60.5. The molecule has 3 aromatic rings. The maximum atomic E-state index is 13.9. The van der Waals surface area contributed by atoms with E-state index in [0.29, 0.717) is 18.5 Å². The summed E-state index contributed by atoms with van der Waals surface area (Å²) >= 11 is 0. The molecule has 1 fully saturated rings. The van der Waals surface area contributed by atoms with Crippen molar-refractivity contribution in [2.24, 2.45) is 5.92 Å². The summed E-state index contributed by atoms with van der Waals surface area (Å²) in [5, 5.41) is 6.50. The van der Waals surface area contributed by atoms with Gasteiger partial charge in [-0.25, -0.2) is 17.2 Å². The Bertz CT molecular complexity index is 1320. The highest BCUT2D eigenvalue weighted by molar-refractivity contribution is 7.89. The maximum Gasteiger partial charge on any atom is 0.248 e. The fraction of sp³-hybridized carbons (Fsp3) is 0.250. The first kappa shape index (κ1) is 23.8. The molecule has 7 nitrogen and oxygen atoms in total. The first-order chi connectivity index (χ1) is 16.3. The molecule has 1 N–H and O–H groups in total. The predicted molar refractivity (Wildman–Crippen MR) is 123 cm³/mol. The van der Waals surface area contributed by atoms with Crippen LogP contribution in [0.2, 0.25) is 0 Å². The molecule has 1 unspecified atom stereocenters. The molecule has 1 amide bonds. The normalized spacial score (nSPS) is 17.2. The number of carbonyl (C=O) groups is 1. The average Bonchev–Trinajstić information content (AvgIpc) is 3.21. The van der Waals surface area contributed by atoms with Crippen molar-refractivity contribution in [3.05, 3.63) is 77.2 Å². The molecule has 0 aliphatic carbocycles. The van der Waals surface area contributed by atoms with E-state index >= 15 is 0 Å². The first-order valence-electron chi connectivity index (χ1n) is 10.7. The van der Waals surface area contributed by atoms with Crippen LogP contribution in [0, 0.1) is 24.5 Å². The smallest absolute Gasteiger partial charge is 0.248 e. The predicted octanol–water partition coefficient (Wildman–Crippen LogP) is 4.47. The van der Waals surface area contributed by atoms with Gasteiger partial charge in [0.2, 0.25) is 15.9 Å². The van der Waals surface area contributed by atoms with E-state index in [1.807, 2.05) is 0 Å². The molecular formula is C24H23F2N3O4S. The van der Waals surface area contributed by atoms with Crippen molar-refractivity contribution in [2.45, 2.75) is 24.7 Å². The number of hydrogen-bond donors (Lipinski definition) is 1. The second-order valence-electron chi connectivity index (χ2n) is 8.01. The van der Waals surface area contributed by atoms with Crippen LogP contribution in [0.3, 0.4) is 0 Å². The van der Waals surface area contributed by atoms with Gasteiger partial charge in [-0.1, -0.05) is 23.4 Å². The van der Waals surface area contributed by atoms with E-state index in [2.05, 4.69) is 10.5 Å². The number of anilines is 1. The molecule has 4 rings (SSSR count). The lowest BCUT2D eigenvalue weighted by Gasteiger charge is -2.31. The molecule has 0 radical (unpaired) electrons. The lowest BCUT2D eigenvalue weighted by atomic mass is 9.99. The largest absolute Gasteiger partial charge is 0.355 e. The van der Waals surface area contributed by atoms with E-state index in [9.17, 15) is 22.0 Å². The monoisotopic (exact) mass is 487 g/mol. The number of nitrogens with zero attached hydrogens (tertiary/aromatic N) is 2. The van der Waals surface area contributed by atoms with E-state index in [1.54, 1.807) is 18.2 Å². The molecule has 34 heavy (non-hydrogen) atoms. The van der Waals surface area contributed by atoms with Crippen molar-refractivity contribution in [3.63, 3.8) is 0 Å². The molecule has 1 aromatic heterocycles. The Labute approximate surface area is 196 Å². The molecule has 178 valence electrons. The molecule has 1 aliphatic heterocycles. The summed E-state index contributed by atoms with van der Waals surface area (Å²) in [6, 6.07) is 11.4. The second kappa shape index (κ2) is 9.86. The van der Waals surface area contributed by atoms with Crippen LogP contribution < -0.4 is 5.32 Å². The van der Waals surface area contributed by atoms with Gasteiger partial charge in [0.15, 0.2) is 10.7 Å². The molecule has 1 atom stereocenters. The third kappa shape index (κ3) is 5.07. The van der Waals surface area contributed by atoms with Crippen LogP contribution >= 0.6 is 0 Å². The molecular weight excluding hydrogens is 464 g/mol. The molecule has 1 saturated heterocycles. The summed E-state index contributed by atoms with van der Waals surface area (Å²) in [5.41, 5.74) is 0.878. The Morgan fingerprint density at radius 2 is 1.88 bits per heavy atom. The van der Waals surface area contributed by atoms with Gasteiger partial charge in [-0.05, 0) is 62.2 Å². The molecule has 10 heteroatoms. The van der Waals surface area contributed by atoms with Gasteiger partial charge in [-0.3, -0.25) is 4.79 Å². The zero-order chi connectivity index (χ0) is 24.3. The van der Waals surface area contributed by atoms with Crippen LogP contribution in [0.1, 0.15) is 29.9 Å². The zero-order valence-electron chi connectivity index (χ0n) is 18.4. The number of halogens is 2. The molecule has 0 bridgehead atoms. The van der Waals surface area contributed by atoms with E-state index < -0.39 is 27.6 Å². The Morgan fingerprint density at radius 3 is 2.62 bits per heavy atom. The fourth-order valence-electron chi connectivity index (χ4n) is 3.86. The summed E-state index contributed by atoms with van der Waals surface area (Å²) in [6.45, 7) is 1.74. The van der Waals surface area contributed by atoms with Crippen molar-refractivity contribution < 1.29 is 26.5 Å². The number of rotatable bonds is 6. The van der Waals surface area contributed by atoms with Crippen LogP contribution in [0.15, 0.2) is 57.9 Å². The second-order valence-corrected chi connectivity index (χ2v) is 9.89. The fourth-order valence-corrected chi connectivity index (χ4v) is 5.63. The first-order valence-corrected chi connectivity index (χ1v) is 12.1. The lowest BCUT2D eigenvalue weighted by Crippen LogP contribution is -2.43. The highest BCUT2D eigenvalue weighted by Gasteiger charge is 2.37. The molecule has 2 heterocycles. The van der Waals surface area contributed by atoms with Gasteiger partial charge < -0.3 is 9.84 Å². The highest BCUT2D eigenvalue weighted by Crippen LogP contribution is 2.30. The minimum absolute atomic E-state index is 0.0151. The number of sulfonamides is 1. The molecule has 0 spiro atoms. The minimum atomic E-state index is -4.04. The lowest BCUT2D eigenvalue weighted by molar-refractivity contribution is -0.120. The quantitative estimate of drug-likeness (QED) is 0.554. The van der Waals surface area contributed by atoms with E-state index in [4.69, 9.17) is 4.52 Å². The number of benzene rings is 2. The highest BCUT2D eigenvalue weighted by atomic mass is 32.2. The maximum absolute atomic E-state index is 13.9. The summed E-state index contributed by atoms with van der Waals surface area (Å²) in [7, 11) is -4.04. The summed E-state index contributed by atoms with van der Waals surface area (Å²) in [4.78, 5) is 12.6. The number of nitrogens with one attached hydrogen (secondary N) is 1. The number of amides is 1. The molecule has 1 aliphatic rings. The van der Waals surface area contributed by atoms with E-state index in [-0.39, 0.29) is 40.9 Å².